The summed E-state index contributed by atoms with van der Waals surface area (Å²) in [5, 5.41) is 13.0. The van der Waals surface area contributed by atoms with Gasteiger partial charge in [0.2, 0.25) is 0 Å². The fourth-order valence-electron chi connectivity index (χ4n) is 5.44. The summed E-state index contributed by atoms with van der Waals surface area (Å²) in [6, 6.07) is 10.4. The van der Waals surface area contributed by atoms with Gasteiger partial charge in [-0.15, -0.1) is 0 Å². The van der Waals surface area contributed by atoms with Crippen LogP contribution < -0.4 is 5.43 Å². The SMILES string of the molecule is CCOC(=O)c1nn(-c2ccc(Cl)cc2Cl)c(C)c1CC.CCc1c(C(=O)NN2CCCCC2)nn(-c2ccc(Cl)cc2Cl)c1C. The third kappa shape index (κ3) is 8.06. The van der Waals surface area contributed by atoms with Crippen LogP contribution in [0.2, 0.25) is 20.1 Å². The number of carbonyl (C=O) groups is 2. The number of ether oxygens (including phenoxy) is 1. The van der Waals surface area contributed by atoms with Crippen LogP contribution in [0, 0.1) is 13.8 Å². The Labute approximate surface area is 289 Å². The van der Waals surface area contributed by atoms with Crippen molar-refractivity contribution < 1.29 is 14.3 Å². The van der Waals surface area contributed by atoms with Crippen LogP contribution >= 0.6 is 46.4 Å². The molecule has 0 spiro atoms. The minimum absolute atomic E-state index is 0.161. The van der Waals surface area contributed by atoms with Crippen molar-refractivity contribution in [3.05, 3.63) is 90.4 Å². The van der Waals surface area contributed by atoms with E-state index in [4.69, 9.17) is 51.1 Å². The van der Waals surface area contributed by atoms with Crippen LogP contribution in [-0.4, -0.2) is 56.1 Å². The Morgan fingerprint density at radius 1 is 0.761 bits per heavy atom. The predicted octanol–water partition coefficient (Wildman–Crippen LogP) is 8.41. The maximum atomic E-state index is 12.7. The topological polar surface area (TPSA) is 94.3 Å². The van der Waals surface area contributed by atoms with E-state index < -0.39 is 5.97 Å². The van der Waals surface area contributed by atoms with E-state index in [0.717, 1.165) is 60.6 Å². The number of aromatic nitrogens is 4. The first-order valence-corrected chi connectivity index (χ1v) is 16.8. The van der Waals surface area contributed by atoms with Gasteiger partial charge in [0.05, 0.1) is 28.0 Å². The van der Waals surface area contributed by atoms with Crippen molar-refractivity contribution in [1.29, 1.82) is 0 Å². The monoisotopic (exact) mass is 706 g/mol. The minimum atomic E-state index is -0.415. The number of halogens is 4. The number of piperidine rings is 1. The van der Waals surface area contributed by atoms with Crippen LogP contribution in [0.15, 0.2) is 36.4 Å². The number of rotatable bonds is 8. The van der Waals surface area contributed by atoms with Crippen LogP contribution in [0.4, 0.5) is 0 Å². The number of nitrogens with one attached hydrogen (secondary N) is 1. The quantitative estimate of drug-likeness (QED) is 0.185. The zero-order valence-corrected chi connectivity index (χ0v) is 29.6. The molecule has 1 aliphatic heterocycles. The van der Waals surface area contributed by atoms with E-state index in [2.05, 4.69) is 15.6 Å². The summed E-state index contributed by atoms with van der Waals surface area (Å²) in [5.41, 5.74) is 8.75. The van der Waals surface area contributed by atoms with Crippen molar-refractivity contribution in [2.45, 2.75) is 66.7 Å². The van der Waals surface area contributed by atoms with Crippen molar-refractivity contribution in [1.82, 2.24) is 30.0 Å². The molecule has 0 radical (unpaired) electrons. The van der Waals surface area contributed by atoms with E-state index in [-0.39, 0.29) is 5.91 Å². The van der Waals surface area contributed by atoms with Crippen molar-refractivity contribution >= 4 is 58.3 Å². The standard InChI is InChI=1S/C18H22Cl2N4O.C15H16Cl2N2O2/c1-3-14-12(2)24(16-8-7-13(19)11-15(16)20)21-17(14)18(25)22-23-9-5-4-6-10-23;1-4-11-9(3)19(18-14(11)15(20)21-5-2)13-7-6-10(16)8-12(13)17/h7-8,11H,3-6,9-10H2,1-2H3,(H,22,25);6-8H,4-5H2,1-3H3. The Balaban J connectivity index is 0.000000212. The summed E-state index contributed by atoms with van der Waals surface area (Å²) in [5.74, 6) is -0.577. The predicted molar refractivity (Wildman–Crippen MR) is 184 cm³/mol. The number of esters is 1. The molecular weight excluding hydrogens is 670 g/mol. The number of benzene rings is 2. The highest BCUT2D eigenvalue weighted by Crippen LogP contribution is 2.29. The average molecular weight is 709 g/mol. The zero-order chi connectivity index (χ0) is 33.5. The second kappa shape index (κ2) is 16.2. The molecule has 1 saturated heterocycles. The summed E-state index contributed by atoms with van der Waals surface area (Å²) < 4.78 is 8.44. The minimum Gasteiger partial charge on any atom is -0.461 e. The van der Waals surface area contributed by atoms with Gasteiger partial charge in [0.25, 0.3) is 5.91 Å². The van der Waals surface area contributed by atoms with Crippen molar-refractivity contribution in [3.63, 3.8) is 0 Å². The molecule has 246 valence electrons. The van der Waals surface area contributed by atoms with E-state index >= 15 is 0 Å². The third-order valence-electron chi connectivity index (χ3n) is 7.76. The van der Waals surface area contributed by atoms with Gasteiger partial charge in [-0.3, -0.25) is 10.2 Å². The van der Waals surface area contributed by atoms with E-state index in [1.54, 1.807) is 46.6 Å². The van der Waals surface area contributed by atoms with E-state index in [9.17, 15) is 9.59 Å². The van der Waals surface area contributed by atoms with Gasteiger partial charge in [0, 0.05) is 45.6 Å². The maximum absolute atomic E-state index is 12.7. The molecule has 1 N–H and O–H groups in total. The number of hydrogen-bond donors (Lipinski definition) is 1. The summed E-state index contributed by atoms with van der Waals surface area (Å²) in [6.07, 6.45) is 4.84. The van der Waals surface area contributed by atoms with Gasteiger partial charge in [-0.05, 0) is 82.9 Å². The number of hydrazine groups is 1. The molecule has 46 heavy (non-hydrogen) atoms. The first-order chi connectivity index (χ1) is 22.0. The number of amides is 1. The van der Waals surface area contributed by atoms with Crippen molar-refractivity contribution in [3.8, 4) is 11.4 Å². The second-order valence-electron chi connectivity index (χ2n) is 10.8. The van der Waals surface area contributed by atoms with Crippen LogP contribution in [0.5, 0.6) is 0 Å². The Morgan fingerprint density at radius 3 is 1.70 bits per heavy atom. The highest BCUT2D eigenvalue weighted by Gasteiger charge is 2.24. The number of hydrogen-bond acceptors (Lipinski definition) is 6. The Bertz CT molecular complexity index is 1710. The van der Waals surface area contributed by atoms with Crippen LogP contribution in [0.1, 0.15) is 83.5 Å². The summed E-state index contributed by atoms with van der Waals surface area (Å²) in [7, 11) is 0. The molecule has 0 aliphatic carbocycles. The van der Waals surface area contributed by atoms with Gasteiger partial charge in [-0.25, -0.2) is 19.2 Å². The first-order valence-electron chi connectivity index (χ1n) is 15.3. The van der Waals surface area contributed by atoms with Gasteiger partial charge in [0.1, 0.15) is 0 Å². The molecule has 0 atom stereocenters. The fourth-order valence-corrected chi connectivity index (χ4v) is 6.42. The van der Waals surface area contributed by atoms with Crippen LogP contribution in [0.3, 0.4) is 0 Å². The lowest BCUT2D eigenvalue weighted by atomic mass is 10.1. The summed E-state index contributed by atoms with van der Waals surface area (Å²) in [6.45, 7) is 11.7. The highest BCUT2D eigenvalue weighted by atomic mass is 35.5. The Kier molecular flexibility index (Phi) is 12.6. The maximum Gasteiger partial charge on any atom is 0.359 e. The zero-order valence-electron chi connectivity index (χ0n) is 26.6. The smallest absolute Gasteiger partial charge is 0.359 e. The molecule has 2 aromatic carbocycles. The molecule has 3 heterocycles. The average Bonchev–Trinajstić information content (AvgIpc) is 3.54. The van der Waals surface area contributed by atoms with Gasteiger partial charge >= 0.3 is 5.97 Å². The largest absolute Gasteiger partial charge is 0.461 e. The number of nitrogens with zero attached hydrogens (tertiary/aromatic N) is 5. The van der Waals surface area contributed by atoms with Gasteiger partial charge < -0.3 is 4.74 Å². The Hall–Kier alpha value is -3.08. The van der Waals surface area contributed by atoms with Crippen LogP contribution in [-0.2, 0) is 17.6 Å². The molecule has 5 rings (SSSR count). The van der Waals surface area contributed by atoms with Crippen LogP contribution in [0.25, 0.3) is 11.4 Å². The molecule has 13 heteroatoms. The van der Waals surface area contributed by atoms with Gasteiger partial charge in [-0.2, -0.15) is 10.2 Å². The Morgan fingerprint density at radius 2 is 1.24 bits per heavy atom. The molecule has 2 aromatic heterocycles. The summed E-state index contributed by atoms with van der Waals surface area (Å²) >= 11 is 24.4. The lowest BCUT2D eigenvalue weighted by molar-refractivity contribution is 0.0517. The van der Waals surface area contributed by atoms with E-state index in [0.29, 0.717) is 50.2 Å². The lowest BCUT2D eigenvalue weighted by Crippen LogP contribution is -2.45. The highest BCUT2D eigenvalue weighted by molar-refractivity contribution is 6.36. The first kappa shape index (κ1) is 35.8. The molecule has 0 unspecified atom stereocenters. The van der Waals surface area contributed by atoms with E-state index in [1.165, 1.54) is 6.42 Å². The van der Waals surface area contributed by atoms with E-state index in [1.807, 2.05) is 38.8 Å². The molecule has 0 saturated carbocycles. The molecule has 9 nitrogen and oxygen atoms in total. The third-order valence-corrected chi connectivity index (χ3v) is 8.84. The molecular formula is C33H38Cl4N6O3. The fraction of sp³-hybridized carbons (Fsp3) is 0.394. The van der Waals surface area contributed by atoms with Gasteiger partial charge in [0.15, 0.2) is 11.4 Å². The molecule has 1 aliphatic rings. The molecule has 1 amide bonds. The summed E-state index contributed by atoms with van der Waals surface area (Å²) in [4.78, 5) is 24.8. The second-order valence-corrected chi connectivity index (χ2v) is 12.4. The van der Waals surface area contributed by atoms with Crippen molar-refractivity contribution in [2.24, 2.45) is 0 Å². The van der Waals surface area contributed by atoms with Gasteiger partial charge in [-0.1, -0.05) is 66.7 Å². The molecule has 1 fully saturated rings. The normalized spacial score (nSPS) is 13.2. The molecule has 0 bridgehead atoms. The van der Waals surface area contributed by atoms with Crippen molar-refractivity contribution in [2.75, 3.05) is 19.7 Å². The number of carbonyl (C=O) groups excluding carboxylic acids is 2. The molecule has 4 aromatic rings. The lowest BCUT2D eigenvalue weighted by Gasteiger charge is -2.26.